The van der Waals surface area contributed by atoms with E-state index in [1.165, 1.54) is 0 Å². The summed E-state index contributed by atoms with van der Waals surface area (Å²) in [6.07, 6.45) is 3.44. The van der Waals surface area contributed by atoms with Crippen LogP contribution in [0.1, 0.15) is 37.8 Å². The summed E-state index contributed by atoms with van der Waals surface area (Å²) in [5, 5.41) is 2.32. The molecule has 9 nitrogen and oxygen atoms in total. The van der Waals surface area contributed by atoms with Crippen molar-refractivity contribution >= 4 is 46.5 Å². The van der Waals surface area contributed by atoms with Crippen molar-refractivity contribution in [2.45, 2.75) is 33.6 Å². The van der Waals surface area contributed by atoms with Crippen molar-refractivity contribution in [3.8, 4) is 11.5 Å². The second-order valence-electron chi connectivity index (χ2n) is 9.67. The van der Waals surface area contributed by atoms with Gasteiger partial charge in [-0.3, -0.25) is 24.1 Å². The predicted octanol–water partition coefficient (Wildman–Crippen LogP) is 4.71. The molecule has 0 bridgehead atoms. The zero-order chi connectivity index (χ0) is 27.9. The van der Waals surface area contributed by atoms with Crippen LogP contribution in [0.25, 0.3) is 6.08 Å². The van der Waals surface area contributed by atoms with Crippen LogP contribution in [0.3, 0.4) is 0 Å². The number of piperidine rings is 1. The number of amides is 4. The summed E-state index contributed by atoms with van der Waals surface area (Å²) in [4.78, 5) is 53.5. The van der Waals surface area contributed by atoms with Crippen LogP contribution < -0.4 is 14.8 Å². The standard InChI is InChI=1S/C29H33N3O6S/c1-4-37-24-15-21(7-10-23(24)38-18-26(33)30-22-8-5-19(2)6-9-22)16-25-28(35)32(29(36)39-25)17-27(34)31-13-11-20(3)12-14-31/h5-10,15-16,20H,4,11-14,17-18H2,1-3H3,(H,30,33)/b25-16-. The number of carbonyl (C=O) groups is 4. The lowest BCUT2D eigenvalue weighted by molar-refractivity contribution is -0.136. The Morgan fingerprint density at radius 1 is 1.05 bits per heavy atom. The highest BCUT2D eigenvalue weighted by Gasteiger charge is 2.37. The van der Waals surface area contributed by atoms with E-state index in [2.05, 4.69) is 12.2 Å². The van der Waals surface area contributed by atoms with Crippen LogP contribution >= 0.6 is 11.8 Å². The average molecular weight is 552 g/mol. The van der Waals surface area contributed by atoms with Crippen LogP contribution in [0.5, 0.6) is 11.5 Å². The zero-order valence-electron chi connectivity index (χ0n) is 22.4. The number of hydrogen-bond donors (Lipinski definition) is 1. The first-order chi connectivity index (χ1) is 18.7. The monoisotopic (exact) mass is 551 g/mol. The van der Waals surface area contributed by atoms with Crippen LogP contribution in [-0.2, 0) is 14.4 Å². The Kier molecular flexibility index (Phi) is 9.29. The SMILES string of the molecule is CCOc1cc(/C=C2\SC(=O)N(CC(=O)N3CCC(C)CC3)C2=O)ccc1OCC(=O)Nc1ccc(C)cc1. The molecule has 0 aliphatic carbocycles. The lowest BCUT2D eigenvalue weighted by Gasteiger charge is -2.31. The van der Waals surface area contributed by atoms with Gasteiger partial charge < -0.3 is 19.7 Å². The molecule has 39 heavy (non-hydrogen) atoms. The van der Waals surface area contributed by atoms with E-state index in [1.54, 1.807) is 29.2 Å². The van der Waals surface area contributed by atoms with Crippen molar-refractivity contribution < 1.29 is 28.7 Å². The lowest BCUT2D eigenvalue weighted by Crippen LogP contribution is -2.45. The highest BCUT2D eigenvalue weighted by atomic mass is 32.2. The summed E-state index contributed by atoms with van der Waals surface area (Å²) in [6.45, 7) is 7.14. The number of likely N-dealkylation sites (tertiary alicyclic amines) is 1. The number of nitrogens with one attached hydrogen (secondary N) is 1. The number of rotatable bonds is 9. The van der Waals surface area contributed by atoms with Crippen molar-refractivity contribution in [1.82, 2.24) is 9.80 Å². The minimum absolute atomic E-state index is 0.211. The zero-order valence-corrected chi connectivity index (χ0v) is 23.2. The molecule has 0 aromatic heterocycles. The van der Waals surface area contributed by atoms with Crippen molar-refractivity contribution in [1.29, 1.82) is 0 Å². The Balaban J connectivity index is 1.39. The van der Waals surface area contributed by atoms with E-state index < -0.39 is 11.1 Å². The second kappa shape index (κ2) is 12.8. The summed E-state index contributed by atoms with van der Waals surface area (Å²) in [6, 6.07) is 12.5. The fourth-order valence-electron chi connectivity index (χ4n) is 4.26. The van der Waals surface area contributed by atoms with Gasteiger partial charge in [-0.05, 0) is 80.3 Å². The fraction of sp³-hybridized carbons (Fsp3) is 0.379. The molecule has 2 fully saturated rings. The van der Waals surface area contributed by atoms with Crippen molar-refractivity contribution in [3.63, 3.8) is 0 Å². The van der Waals surface area contributed by atoms with Gasteiger partial charge in [0.15, 0.2) is 18.1 Å². The van der Waals surface area contributed by atoms with Crippen LogP contribution in [-0.4, -0.2) is 65.6 Å². The molecule has 206 valence electrons. The van der Waals surface area contributed by atoms with Crippen LogP contribution in [0.15, 0.2) is 47.4 Å². The number of nitrogens with zero attached hydrogens (tertiary/aromatic N) is 2. The molecule has 1 N–H and O–H groups in total. The van der Waals surface area contributed by atoms with E-state index in [4.69, 9.17) is 9.47 Å². The Hall–Kier alpha value is -3.79. The Morgan fingerprint density at radius 3 is 2.46 bits per heavy atom. The minimum Gasteiger partial charge on any atom is -0.490 e. The molecule has 2 heterocycles. The summed E-state index contributed by atoms with van der Waals surface area (Å²) in [5.41, 5.74) is 2.39. The van der Waals surface area contributed by atoms with Gasteiger partial charge in [0.1, 0.15) is 6.54 Å². The molecule has 2 aromatic carbocycles. The number of hydrogen-bond acceptors (Lipinski definition) is 7. The van der Waals surface area contributed by atoms with E-state index in [9.17, 15) is 19.2 Å². The van der Waals surface area contributed by atoms with Crippen LogP contribution in [0.4, 0.5) is 10.5 Å². The molecule has 2 aliphatic heterocycles. The third-order valence-corrected chi connectivity index (χ3v) is 7.47. The van der Waals surface area contributed by atoms with E-state index >= 15 is 0 Å². The maximum atomic E-state index is 13.0. The van der Waals surface area contributed by atoms with E-state index in [0.717, 1.165) is 35.1 Å². The maximum absolute atomic E-state index is 13.0. The third-order valence-electron chi connectivity index (χ3n) is 6.56. The lowest BCUT2D eigenvalue weighted by atomic mass is 9.99. The topological polar surface area (TPSA) is 105 Å². The van der Waals surface area contributed by atoms with Gasteiger partial charge in [0, 0.05) is 18.8 Å². The molecule has 4 amide bonds. The van der Waals surface area contributed by atoms with Gasteiger partial charge in [0.05, 0.1) is 11.5 Å². The second-order valence-corrected chi connectivity index (χ2v) is 10.7. The first kappa shape index (κ1) is 28.2. The largest absolute Gasteiger partial charge is 0.490 e. The molecular formula is C29H33N3O6S. The van der Waals surface area contributed by atoms with Gasteiger partial charge in [-0.25, -0.2) is 0 Å². The Labute approximate surface area is 232 Å². The molecule has 10 heteroatoms. The molecule has 2 aromatic rings. The van der Waals surface area contributed by atoms with Gasteiger partial charge in [0.2, 0.25) is 5.91 Å². The minimum atomic E-state index is -0.491. The molecule has 0 saturated carbocycles. The van der Waals surface area contributed by atoms with E-state index in [1.807, 2.05) is 38.1 Å². The van der Waals surface area contributed by atoms with Gasteiger partial charge >= 0.3 is 0 Å². The molecule has 0 unspecified atom stereocenters. The quantitative estimate of drug-likeness (QED) is 0.450. The highest BCUT2D eigenvalue weighted by molar-refractivity contribution is 8.18. The van der Waals surface area contributed by atoms with Gasteiger partial charge in [-0.2, -0.15) is 0 Å². The number of benzene rings is 2. The van der Waals surface area contributed by atoms with Gasteiger partial charge in [-0.15, -0.1) is 0 Å². The normalized spacial score (nSPS) is 17.1. The first-order valence-corrected chi connectivity index (χ1v) is 13.8. The predicted molar refractivity (Wildman–Crippen MR) is 151 cm³/mol. The molecule has 0 atom stereocenters. The van der Waals surface area contributed by atoms with Gasteiger partial charge in [-0.1, -0.05) is 30.7 Å². The number of anilines is 1. The molecular weight excluding hydrogens is 518 g/mol. The van der Waals surface area contributed by atoms with Crippen LogP contribution in [0.2, 0.25) is 0 Å². The van der Waals surface area contributed by atoms with E-state index in [-0.39, 0.29) is 29.9 Å². The number of ether oxygens (including phenoxy) is 2. The number of imide groups is 1. The summed E-state index contributed by atoms with van der Waals surface area (Å²) in [5.74, 6) is 0.341. The summed E-state index contributed by atoms with van der Waals surface area (Å²) in [7, 11) is 0. The Bertz CT molecular complexity index is 1270. The number of thioether (sulfide) groups is 1. The third kappa shape index (κ3) is 7.41. The average Bonchev–Trinajstić information content (AvgIpc) is 3.17. The van der Waals surface area contributed by atoms with Crippen LogP contribution in [0, 0.1) is 12.8 Å². The molecule has 0 spiro atoms. The summed E-state index contributed by atoms with van der Waals surface area (Å²) < 4.78 is 11.4. The first-order valence-electron chi connectivity index (χ1n) is 13.0. The number of carbonyl (C=O) groups excluding carboxylic acids is 4. The van der Waals surface area contributed by atoms with Crippen molar-refractivity contribution in [2.75, 3.05) is 38.2 Å². The Morgan fingerprint density at radius 2 is 1.77 bits per heavy atom. The summed E-state index contributed by atoms with van der Waals surface area (Å²) >= 11 is 0.808. The fourth-order valence-corrected chi connectivity index (χ4v) is 5.10. The van der Waals surface area contributed by atoms with Crippen molar-refractivity contribution in [2.24, 2.45) is 5.92 Å². The van der Waals surface area contributed by atoms with Gasteiger partial charge in [0.25, 0.3) is 17.1 Å². The molecule has 2 saturated heterocycles. The highest BCUT2D eigenvalue weighted by Crippen LogP contribution is 2.35. The molecule has 0 radical (unpaired) electrons. The number of aryl methyl sites for hydroxylation is 1. The maximum Gasteiger partial charge on any atom is 0.294 e. The smallest absolute Gasteiger partial charge is 0.294 e. The van der Waals surface area contributed by atoms with Crippen molar-refractivity contribution in [3.05, 3.63) is 58.5 Å². The molecule has 4 rings (SSSR count). The van der Waals surface area contributed by atoms with E-state index in [0.29, 0.717) is 48.4 Å². The molecule has 2 aliphatic rings.